The lowest BCUT2D eigenvalue weighted by Crippen LogP contribution is -2.46. The third-order valence-electron chi connectivity index (χ3n) is 2.12. The molecule has 1 saturated heterocycles. The second kappa shape index (κ2) is 5.25. The van der Waals surface area contributed by atoms with Crippen molar-refractivity contribution in [2.45, 2.75) is 25.8 Å². The summed E-state index contributed by atoms with van der Waals surface area (Å²) in [7, 11) is 0. The predicted octanol–water partition coefficient (Wildman–Crippen LogP) is 0.997. The van der Waals surface area contributed by atoms with Gasteiger partial charge in [-0.15, -0.1) is 0 Å². The molecule has 0 aromatic rings. The molecular formula is C9H15ClN2O. The van der Waals surface area contributed by atoms with Gasteiger partial charge in [0, 0.05) is 31.1 Å². The lowest BCUT2D eigenvalue weighted by atomic mass is 10.1. The van der Waals surface area contributed by atoms with Crippen LogP contribution in [0.2, 0.25) is 0 Å². The first-order valence-corrected chi connectivity index (χ1v) is 4.92. The first kappa shape index (κ1) is 10.5. The van der Waals surface area contributed by atoms with Gasteiger partial charge < -0.3 is 10.6 Å². The van der Waals surface area contributed by atoms with Crippen molar-refractivity contribution in [1.82, 2.24) is 10.6 Å². The summed E-state index contributed by atoms with van der Waals surface area (Å²) in [5, 5.41) is 6.15. The minimum absolute atomic E-state index is 0.155. The second-order valence-electron chi connectivity index (χ2n) is 3.38. The van der Waals surface area contributed by atoms with E-state index in [0.29, 0.717) is 12.5 Å². The number of amides is 1. The van der Waals surface area contributed by atoms with E-state index in [1.54, 1.807) is 5.54 Å². The van der Waals surface area contributed by atoms with Crippen LogP contribution in [0, 0.1) is 0 Å². The van der Waals surface area contributed by atoms with E-state index in [1.807, 2.05) is 6.92 Å². The summed E-state index contributed by atoms with van der Waals surface area (Å²) in [5.74, 6) is 0.155. The molecule has 1 unspecified atom stereocenters. The molecule has 1 amide bonds. The van der Waals surface area contributed by atoms with Crippen LogP contribution in [0.15, 0.2) is 11.1 Å². The fourth-order valence-electron chi connectivity index (χ4n) is 1.25. The molecule has 1 aliphatic rings. The summed E-state index contributed by atoms with van der Waals surface area (Å²) in [4.78, 5) is 10.8. The molecule has 1 rings (SSSR count). The van der Waals surface area contributed by atoms with E-state index in [9.17, 15) is 4.79 Å². The van der Waals surface area contributed by atoms with Crippen molar-refractivity contribution in [2.24, 2.45) is 0 Å². The lowest BCUT2D eigenvalue weighted by Gasteiger charge is -2.23. The van der Waals surface area contributed by atoms with Crippen molar-refractivity contribution in [3.63, 3.8) is 0 Å². The van der Waals surface area contributed by atoms with Gasteiger partial charge in [-0.25, -0.2) is 0 Å². The van der Waals surface area contributed by atoms with Crippen LogP contribution in [-0.4, -0.2) is 25.0 Å². The van der Waals surface area contributed by atoms with Gasteiger partial charge in [-0.1, -0.05) is 11.6 Å². The molecule has 74 valence electrons. The van der Waals surface area contributed by atoms with Gasteiger partial charge >= 0.3 is 0 Å². The normalized spacial score (nSPS) is 24.3. The number of hydrogen-bond donors (Lipinski definition) is 2. The van der Waals surface area contributed by atoms with Crippen molar-refractivity contribution < 1.29 is 4.79 Å². The van der Waals surface area contributed by atoms with E-state index < -0.39 is 0 Å². The maximum atomic E-state index is 10.8. The molecule has 1 heterocycles. The molecule has 0 aromatic heterocycles. The van der Waals surface area contributed by atoms with Crippen molar-refractivity contribution in [2.75, 3.05) is 13.1 Å². The van der Waals surface area contributed by atoms with Gasteiger partial charge in [0.15, 0.2) is 0 Å². The van der Waals surface area contributed by atoms with Gasteiger partial charge in [0.25, 0.3) is 0 Å². The Morgan fingerprint density at radius 3 is 3.15 bits per heavy atom. The molecule has 4 heteroatoms. The molecule has 13 heavy (non-hydrogen) atoms. The van der Waals surface area contributed by atoms with Crippen LogP contribution in [-0.2, 0) is 4.79 Å². The Bertz CT molecular complexity index is 206. The molecule has 0 spiro atoms. The van der Waals surface area contributed by atoms with Gasteiger partial charge in [0.2, 0.25) is 5.91 Å². The molecule has 0 radical (unpaired) electrons. The Balaban J connectivity index is 2.19. The molecule has 1 aliphatic heterocycles. The number of carbonyl (C=O) groups excluding carboxylic acids is 1. The summed E-state index contributed by atoms with van der Waals surface area (Å²) in [6.45, 7) is 3.50. The monoisotopic (exact) mass is 202 g/mol. The van der Waals surface area contributed by atoms with Gasteiger partial charge in [0.1, 0.15) is 0 Å². The molecule has 0 aliphatic carbocycles. The number of hydrogen-bond acceptors (Lipinski definition) is 2. The minimum atomic E-state index is 0.155. The van der Waals surface area contributed by atoms with Crippen molar-refractivity contribution >= 4 is 17.5 Å². The smallest absolute Gasteiger partial charge is 0.220 e. The van der Waals surface area contributed by atoms with Crippen LogP contribution in [0.1, 0.15) is 19.8 Å². The fourth-order valence-corrected chi connectivity index (χ4v) is 1.33. The van der Waals surface area contributed by atoms with E-state index in [2.05, 4.69) is 10.6 Å². The summed E-state index contributed by atoms with van der Waals surface area (Å²) in [6.07, 6.45) is 1.54. The molecule has 0 bridgehead atoms. The first-order chi connectivity index (χ1) is 6.22. The number of nitrogens with one attached hydrogen (secondary N) is 2. The molecule has 2 N–H and O–H groups in total. The van der Waals surface area contributed by atoms with Gasteiger partial charge in [-0.3, -0.25) is 4.79 Å². The van der Waals surface area contributed by atoms with Gasteiger partial charge in [0.05, 0.1) is 0 Å². The Labute approximate surface area is 83.5 Å². The van der Waals surface area contributed by atoms with E-state index >= 15 is 0 Å². The quantitative estimate of drug-likeness (QED) is 0.717. The summed E-state index contributed by atoms with van der Waals surface area (Å²) in [5.41, 5.74) is 2.69. The summed E-state index contributed by atoms with van der Waals surface area (Å²) in [6, 6.07) is 0.393. The SMILES string of the molecule is C/C(=C\Cl)CNC1CCC(=O)NC1. The third-order valence-corrected chi connectivity index (χ3v) is 2.49. The average molecular weight is 203 g/mol. The Morgan fingerprint density at radius 1 is 1.85 bits per heavy atom. The Morgan fingerprint density at radius 2 is 2.62 bits per heavy atom. The van der Waals surface area contributed by atoms with Crippen molar-refractivity contribution in [3.8, 4) is 0 Å². The number of carbonyl (C=O) groups is 1. The molecule has 0 aromatic carbocycles. The third kappa shape index (κ3) is 3.79. The van der Waals surface area contributed by atoms with E-state index in [0.717, 1.165) is 25.1 Å². The minimum Gasteiger partial charge on any atom is -0.355 e. The van der Waals surface area contributed by atoms with Gasteiger partial charge in [-0.05, 0) is 18.9 Å². The standard InChI is InChI=1S/C9H15ClN2O/c1-7(4-10)5-11-8-2-3-9(13)12-6-8/h4,8,11H,2-3,5-6H2,1H3,(H,12,13)/b7-4+. The number of halogens is 1. The predicted molar refractivity (Wildman–Crippen MR) is 53.6 cm³/mol. The molecule has 0 saturated carbocycles. The van der Waals surface area contributed by atoms with Crippen molar-refractivity contribution in [1.29, 1.82) is 0 Å². The lowest BCUT2D eigenvalue weighted by molar-refractivity contribution is -0.122. The van der Waals surface area contributed by atoms with Gasteiger partial charge in [-0.2, -0.15) is 0 Å². The van der Waals surface area contributed by atoms with Crippen LogP contribution >= 0.6 is 11.6 Å². The van der Waals surface area contributed by atoms with Crippen LogP contribution in [0.4, 0.5) is 0 Å². The van der Waals surface area contributed by atoms with E-state index in [-0.39, 0.29) is 5.91 Å². The first-order valence-electron chi connectivity index (χ1n) is 4.48. The maximum Gasteiger partial charge on any atom is 0.220 e. The van der Waals surface area contributed by atoms with E-state index in [1.165, 1.54) is 0 Å². The Hall–Kier alpha value is -0.540. The highest BCUT2D eigenvalue weighted by Gasteiger charge is 2.16. The van der Waals surface area contributed by atoms with Crippen LogP contribution in [0.5, 0.6) is 0 Å². The number of rotatable bonds is 3. The Kier molecular flexibility index (Phi) is 4.25. The summed E-state index contributed by atoms with van der Waals surface area (Å²) >= 11 is 5.52. The molecular weight excluding hydrogens is 188 g/mol. The largest absolute Gasteiger partial charge is 0.355 e. The second-order valence-corrected chi connectivity index (χ2v) is 3.59. The number of piperidine rings is 1. The van der Waals surface area contributed by atoms with E-state index in [4.69, 9.17) is 11.6 Å². The average Bonchev–Trinajstić information content (AvgIpc) is 2.16. The zero-order valence-corrected chi connectivity index (χ0v) is 8.53. The zero-order chi connectivity index (χ0) is 9.68. The highest BCUT2D eigenvalue weighted by Crippen LogP contribution is 2.03. The molecule has 3 nitrogen and oxygen atoms in total. The highest BCUT2D eigenvalue weighted by molar-refractivity contribution is 6.25. The summed E-state index contributed by atoms with van der Waals surface area (Å²) < 4.78 is 0. The van der Waals surface area contributed by atoms with Crippen LogP contribution < -0.4 is 10.6 Å². The van der Waals surface area contributed by atoms with Crippen LogP contribution in [0.25, 0.3) is 0 Å². The molecule has 1 atom stereocenters. The zero-order valence-electron chi connectivity index (χ0n) is 7.77. The molecule has 1 fully saturated rings. The maximum absolute atomic E-state index is 10.8. The topological polar surface area (TPSA) is 41.1 Å². The fraction of sp³-hybridized carbons (Fsp3) is 0.667. The van der Waals surface area contributed by atoms with Crippen molar-refractivity contribution in [3.05, 3.63) is 11.1 Å². The highest BCUT2D eigenvalue weighted by atomic mass is 35.5. The van der Waals surface area contributed by atoms with Crippen LogP contribution in [0.3, 0.4) is 0 Å².